The lowest BCUT2D eigenvalue weighted by Gasteiger charge is -2.52. The highest BCUT2D eigenvalue weighted by atomic mass is 127. The number of fused-ring (bicyclic) bond motifs is 4. The molecule has 2 aliphatic heterocycles. The molecule has 1 saturated heterocycles. The topological polar surface area (TPSA) is 54.4 Å². The molecule has 2 spiro atoms. The van der Waals surface area contributed by atoms with Gasteiger partial charge in [0.15, 0.2) is 0 Å². The van der Waals surface area contributed by atoms with Crippen LogP contribution in [0.4, 0.5) is 0 Å². The summed E-state index contributed by atoms with van der Waals surface area (Å²) < 4.78 is 13.3. The molecule has 4 aliphatic rings. The predicted molar refractivity (Wildman–Crippen MR) is 149 cm³/mol. The van der Waals surface area contributed by atoms with Crippen LogP contribution >= 0.6 is 22.6 Å². The van der Waals surface area contributed by atoms with E-state index in [2.05, 4.69) is 81.5 Å². The van der Waals surface area contributed by atoms with E-state index >= 15 is 0 Å². The summed E-state index contributed by atoms with van der Waals surface area (Å²) in [5.74, 6) is 0.260. The van der Waals surface area contributed by atoms with Crippen LogP contribution in [0.3, 0.4) is 0 Å². The normalized spacial score (nSPS) is 30.9. The number of alkyl halides is 1. The summed E-state index contributed by atoms with van der Waals surface area (Å²) in [6, 6.07) is 8.95. The Morgan fingerprint density at radius 1 is 1.08 bits per heavy atom. The van der Waals surface area contributed by atoms with E-state index in [0.29, 0.717) is 13.2 Å². The van der Waals surface area contributed by atoms with Crippen molar-refractivity contribution < 1.29 is 14.6 Å². The van der Waals surface area contributed by atoms with E-state index in [1.807, 2.05) is 0 Å². The van der Waals surface area contributed by atoms with Gasteiger partial charge in [0.1, 0.15) is 11.7 Å². The second-order valence-corrected chi connectivity index (χ2v) is 14.6. The van der Waals surface area contributed by atoms with Crippen LogP contribution in [0.15, 0.2) is 24.3 Å². The van der Waals surface area contributed by atoms with Crippen LogP contribution in [0.25, 0.3) is 0 Å². The van der Waals surface area contributed by atoms with Gasteiger partial charge >= 0.3 is 0 Å². The lowest BCUT2D eigenvalue weighted by molar-refractivity contribution is -0.436. The molecule has 0 amide bonds. The van der Waals surface area contributed by atoms with Gasteiger partial charge in [-0.15, -0.1) is 0 Å². The number of pyridine rings is 1. The van der Waals surface area contributed by atoms with Gasteiger partial charge in [0.2, 0.25) is 0 Å². The molecule has 3 heterocycles. The average Bonchev–Trinajstić information content (AvgIpc) is 3.14. The largest absolute Gasteiger partial charge is 0.848 e. The fourth-order valence-electron chi connectivity index (χ4n) is 7.14. The summed E-state index contributed by atoms with van der Waals surface area (Å²) in [7, 11) is 0. The van der Waals surface area contributed by atoms with Crippen molar-refractivity contribution in [3.8, 4) is 0 Å². The van der Waals surface area contributed by atoms with Crippen LogP contribution in [-0.4, -0.2) is 22.1 Å². The van der Waals surface area contributed by atoms with Crippen LogP contribution < -0.4 is 5.11 Å². The fourth-order valence-corrected chi connectivity index (χ4v) is 8.17. The van der Waals surface area contributed by atoms with Crippen molar-refractivity contribution in [2.24, 2.45) is 5.41 Å². The second kappa shape index (κ2) is 8.75. The molecule has 6 rings (SSSR count). The van der Waals surface area contributed by atoms with E-state index in [1.165, 1.54) is 36.0 Å². The molecule has 194 valence electrons. The van der Waals surface area contributed by atoms with Gasteiger partial charge in [-0.25, -0.2) is 0 Å². The number of halogens is 1. The first kappa shape index (κ1) is 25.3. The number of benzene rings is 1. The van der Waals surface area contributed by atoms with E-state index in [0.717, 1.165) is 41.8 Å². The van der Waals surface area contributed by atoms with E-state index in [9.17, 15) is 5.11 Å². The van der Waals surface area contributed by atoms with Crippen LogP contribution in [0.1, 0.15) is 124 Å². The lowest BCUT2D eigenvalue weighted by atomic mass is 9.58. The first-order chi connectivity index (χ1) is 17.0. The zero-order valence-corrected chi connectivity index (χ0v) is 24.5. The molecule has 36 heavy (non-hydrogen) atoms. The van der Waals surface area contributed by atoms with Gasteiger partial charge < -0.3 is 14.6 Å². The Morgan fingerprint density at radius 3 is 2.39 bits per heavy atom. The van der Waals surface area contributed by atoms with Crippen LogP contribution in [0, 0.1) is 5.41 Å². The molecule has 1 aromatic carbocycles. The molecular formula is C31H39INO3-. The van der Waals surface area contributed by atoms with E-state index in [1.54, 1.807) is 0 Å². The second-order valence-electron chi connectivity index (χ2n) is 13.1. The Kier molecular flexibility index (Phi) is 6.14. The predicted octanol–water partition coefficient (Wildman–Crippen LogP) is 6.56. The molecule has 5 heteroatoms. The van der Waals surface area contributed by atoms with E-state index in [4.69, 9.17) is 14.5 Å². The number of hydrogen-bond acceptors (Lipinski definition) is 4. The number of rotatable bonds is 2. The molecule has 2 aromatic rings. The number of ether oxygens (including phenoxy) is 2. The minimum absolute atomic E-state index is 0.0964. The van der Waals surface area contributed by atoms with Gasteiger partial charge in [-0.05, 0) is 58.3 Å². The Hall–Kier alpha value is -1.02. The van der Waals surface area contributed by atoms with Crippen molar-refractivity contribution >= 4 is 22.6 Å². The van der Waals surface area contributed by atoms with Crippen molar-refractivity contribution in [1.29, 1.82) is 0 Å². The van der Waals surface area contributed by atoms with Crippen molar-refractivity contribution in [3.05, 3.63) is 63.5 Å². The molecule has 3 unspecified atom stereocenters. The minimum Gasteiger partial charge on any atom is -0.848 e. The molecule has 2 aliphatic carbocycles. The molecular weight excluding hydrogens is 561 g/mol. The molecule has 0 bridgehead atoms. The summed E-state index contributed by atoms with van der Waals surface area (Å²) in [4.78, 5) is 5.33. The van der Waals surface area contributed by atoms with Gasteiger partial charge in [0, 0.05) is 30.0 Å². The Bertz CT molecular complexity index is 1160. The maximum Gasteiger partial charge on any atom is 0.111 e. The van der Waals surface area contributed by atoms with Gasteiger partial charge in [-0.3, -0.25) is 4.98 Å². The fraction of sp³-hybridized carbons (Fsp3) is 0.645. The Balaban J connectivity index is 1.57. The average molecular weight is 601 g/mol. The summed E-state index contributed by atoms with van der Waals surface area (Å²) in [6.07, 6.45) is 5.17. The first-order valence-corrected chi connectivity index (χ1v) is 15.0. The summed E-state index contributed by atoms with van der Waals surface area (Å²) in [5, 5.41) is 14.0. The zero-order valence-electron chi connectivity index (χ0n) is 22.3. The van der Waals surface area contributed by atoms with Gasteiger partial charge in [0.25, 0.3) is 0 Å². The van der Waals surface area contributed by atoms with Crippen molar-refractivity contribution in [2.75, 3.05) is 13.2 Å². The quantitative estimate of drug-likeness (QED) is 0.290. The molecule has 0 N–H and O–H groups in total. The highest BCUT2D eigenvalue weighted by molar-refractivity contribution is 14.1. The van der Waals surface area contributed by atoms with Crippen LogP contribution in [0.5, 0.6) is 0 Å². The third kappa shape index (κ3) is 3.82. The van der Waals surface area contributed by atoms with Gasteiger partial charge in [-0.1, -0.05) is 100 Å². The standard InChI is InChI=1S/C31H39INO3/c1-18(2)27-25-26(24-21(33-27)15-30(11-6-12-30)16-22(24)34)31(13-14-35-17-23(31)32)36-28(25)19-7-9-20(10-8-19)29(3,4)5/h7-10,18,22-23,28H,6,11-17H2,1-5H3/q-1/t22?,23?,28-,31?/m1/s1. The molecule has 4 nitrogen and oxygen atoms in total. The van der Waals surface area contributed by atoms with E-state index in [-0.39, 0.29) is 26.8 Å². The number of nitrogens with zero attached hydrogens (tertiary/aromatic N) is 1. The SMILES string of the molecule is CC(C)c1nc2c(c3c1[C@@H](c1ccc(C(C)(C)C)cc1)OC31CCOCC1I)C([O-])CC1(CCC1)C2. The zero-order chi connectivity index (χ0) is 25.5. The molecule has 4 atom stereocenters. The maximum absolute atomic E-state index is 14.0. The monoisotopic (exact) mass is 600 g/mol. The Morgan fingerprint density at radius 2 is 1.81 bits per heavy atom. The van der Waals surface area contributed by atoms with Crippen LogP contribution in [0.2, 0.25) is 0 Å². The van der Waals surface area contributed by atoms with Crippen molar-refractivity contribution in [3.63, 3.8) is 0 Å². The minimum atomic E-state index is -0.717. The lowest BCUT2D eigenvalue weighted by Crippen LogP contribution is -2.47. The number of hydrogen-bond donors (Lipinski definition) is 0. The Labute approximate surface area is 229 Å². The highest BCUT2D eigenvalue weighted by Crippen LogP contribution is 2.60. The third-order valence-electron chi connectivity index (χ3n) is 9.31. The highest BCUT2D eigenvalue weighted by Gasteiger charge is 2.55. The first-order valence-electron chi connectivity index (χ1n) is 13.8. The smallest absolute Gasteiger partial charge is 0.111 e. The van der Waals surface area contributed by atoms with Crippen molar-refractivity contribution in [2.45, 2.75) is 106 Å². The van der Waals surface area contributed by atoms with Crippen molar-refractivity contribution in [1.82, 2.24) is 4.98 Å². The molecule has 0 radical (unpaired) electrons. The van der Waals surface area contributed by atoms with Crippen LogP contribution in [-0.2, 0) is 26.9 Å². The number of aromatic nitrogens is 1. The summed E-state index contributed by atoms with van der Waals surface area (Å²) in [5.41, 5.74) is 7.81. The van der Waals surface area contributed by atoms with E-state index < -0.39 is 11.7 Å². The summed E-state index contributed by atoms with van der Waals surface area (Å²) >= 11 is 2.52. The van der Waals surface area contributed by atoms with Gasteiger partial charge in [-0.2, -0.15) is 0 Å². The molecule has 1 saturated carbocycles. The van der Waals surface area contributed by atoms with Gasteiger partial charge in [0.05, 0.1) is 10.5 Å². The third-order valence-corrected chi connectivity index (χ3v) is 10.7. The molecule has 1 aromatic heterocycles. The summed E-state index contributed by atoms with van der Waals surface area (Å²) in [6.45, 7) is 12.5. The molecule has 2 fully saturated rings. The maximum atomic E-state index is 14.0.